The average Bonchev–Trinajstić information content (AvgIpc) is 3.45. The number of hydrogen-bond donors (Lipinski definition) is 0. The molecule has 4 rings (SSSR count). The number of anilines is 2. The number of ether oxygens (including phenoxy) is 2. The Kier molecular flexibility index (Phi) is 6.42. The summed E-state index contributed by atoms with van der Waals surface area (Å²) in [5.41, 5.74) is 3.54. The normalized spacial score (nSPS) is 18.2. The standard InChI is InChI=1S/C24H29N3O4/c1-25(2)20-9-5-18(6-10-20)16-26(17-22-4-3-14-30-22)23(28)19-7-11-21(12-8-19)27-13-15-31-24(27)29/h5-12,22H,3-4,13-17H2,1-2H3. The second kappa shape index (κ2) is 9.39. The van der Waals surface area contributed by atoms with E-state index in [1.807, 2.05) is 19.0 Å². The van der Waals surface area contributed by atoms with Crippen molar-refractivity contribution in [2.24, 2.45) is 0 Å². The molecule has 0 N–H and O–H groups in total. The van der Waals surface area contributed by atoms with E-state index in [9.17, 15) is 9.59 Å². The molecule has 31 heavy (non-hydrogen) atoms. The van der Waals surface area contributed by atoms with Gasteiger partial charge in [-0.15, -0.1) is 0 Å². The first-order chi connectivity index (χ1) is 15.0. The number of amides is 2. The summed E-state index contributed by atoms with van der Waals surface area (Å²) in [5, 5.41) is 0. The van der Waals surface area contributed by atoms with Gasteiger partial charge in [0.15, 0.2) is 0 Å². The van der Waals surface area contributed by atoms with Crippen molar-refractivity contribution in [3.63, 3.8) is 0 Å². The van der Waals surface area contributed by atoms with E-state index in [0.717, 1.165) is 36.4 Å². The lowest BCUT2D eigenvalue weighted by molar-refractivity contribution is 0.0507. The molecule has 0 aromatic heterocycles. The van der Waals surface area contributed by atoms with E-state index in [1.54, 1.807) is 29.2 Å². The van der Waals surface area contributed by atoms with Gasteiger partial charge >= 0.3 is 6.09 Å². The largest absolute Gasteiger partial charge is 0.447 e. The van der Waals surface area contributed by atoms with E-state index in [-0.39, 0.29) is 18.1 Å². The minimum absolute atomic E-state index is 0.0391. The van der Waals surface area contributed by atoms with Crippen molar-refractivity contribution >= 4 is 23.4 Å². The van der Waals surface area contributed by atoms with Crippen LogP contribution in [0.2, 0.25) is 0 Å². The molecule has 7 nitrogen and oxygen atoms in total. The zero-order chi connectivity index (χ0) is 21.8. The molecule has 7 heteroatoms. The molecule has 2 aliphatic rings. The van der Waals surface area contributed by atoms with Crippen LogP contribution >= 0.6 is 0 Å². The van der Waals surface area contributed by atoms with E-state index in [2.05, 4.69) is 29.2 Å². The number of hydrogen-bond acceptors (Lipinski definition) is 5. The maximum Gasteiger partial charge on any atom is 0.414 e. The molecule has 0 spiro atoms. The molecule has 0 aliphatic carbocycles. The minimum atomic E-state index is -0.347. The highest BCUT2D eigenvalue weighted by molar-refractivity contribution is 5.95. The Morgan fingerprint density at radius 2 is 1.81 bits per heavy atom. The summed E-state index contributed by atoms with van der Waals surface area (Å²) in [6, 6.07) is 15.4. The number of rotatable bonds is 7. The molecule has 2 aromatic rings. The van der Waals surface area contributed by atoms with Crippen LogP contribution in [-0.2, 0) is 16.0 Å². The minimum Gasteiger partial charge on any atom is -0.447 e. The lowest BCUT2D eigenvalue weighted by Crippen LogP contribution is -2.37. The molecule has 2 aliphatic heterocycles. The van der Waals surface area contributed by atoms with E-state index in [1.165, 1.54) is 0 Å². The summed E-state index contributed by atoms with van der Waals surface area (Å²) in [6.07, 6.45) is 1.73. The zero-order valence-electron chi connectivity index (χ0n) is 18.1. The molecule has 0 saturated carbocycles. The summed E-state index contributed by atoms with van der Waals surface area (Å²) < 4.78 is 10.8. The van der Waals surface area contributed by atoms with Crippen LogP contribution in [0.1, 0.15) is 28.8 Å². The Morgan fingerprint density at radius 1 is 1.06 bits per heavy atom. The number of cyclic esters (lactones) is 1. The molecule has 1 atom stereocenters. The van der Waals surface area contributed by atoms with E-state index < -0.39 is 0 Å². The monoisotopic (exact) mass is 423 g/mol. The third-order valence-corrected chi connectivity index (χ3v) is 5.75. The maximum atomic E-state index is 13.4. The van der Waals surface area contributed by atoms with Crippen LogP contribution in [0.25, 0.3) is 0 Å². The van der Waals surface area contributed by atoms with Crippen LogP contribution in [0.15, 0.2) is 48.5 Å². The fraction of sp³-hybridized carbons (Fsp3) is 0.417. The van der Waals surface area contributed by atoms with E-state index in [4.69, 9.17) is 9.47 Å². The first-order valence-corrected chi connectivity index (χ1v) is 10.7. The van der Waals surface area contributed by atoms with Gasteiger partial charge in [0.25, 0.3) is 5.91 Å². The molecule has 1 unspecified atom stereocenters. The fourth-order valence-electron chi connectivity index (χ4n) is 3.97. The number of nitrogens with zero attached hydrogens (tertiary/aromatic N) is 3. The maximum absolute atomic E-state index is 13.4. The molecule has 0 bridgehead atoms. The van der Waals surface area contributed by atoms with Crippen LogP contribution < -0.4 is 9.80 Å². The van der Waals surface area contributed by atoms with Gasteiger partial charge in [0.2, 0.25) is 0 Å². The fourth-order valence-corrected chi connectivity index (χ4v) is 3.97. The van der Waals surface area contributed by atoms with Gasteiger partial charge in [-0.3, -0.25) is 9.69 Å². The van der Waals surface area contributed by atoms with Gasteiger partial charge in [0, 0.05) is 50.7 Å². The van der Waals surface area contributed by atoms with Crippen LogP contribution in [0, 0.1) is 0 Å². The molecular formula is C24H29N3O4. The summed E-state index contributed by atoms with van der Waals surface area (Å²) in [5.74, 6) is -0.0391. The molecule has 2 fully saturated rings. The predicted molar refractivity (Wildman–Crippen MR) is 120 cm³/mol. The van der Waals surface area contributed by atoms with Gasteiger partial charge in [0.05, 0.1) is 12.6 Å². The van der Waals surface area contributed by atoms with Crippen molar-refractivity contribution in [1.82, 2.24) is 4.90 Å². The van der Waals surface area contributed by atoms with Crippen LogP contribution in [0.4, 0.5) is 16.2 Å². The quantitative estimate of drug-likeness (QED) is 0.682. The highest BCUT2D eigenvalue weighted by Crippen LogP contribution is 2.22. The Hall–Kier alpha value is -3.06. The lowest BCUT2D eigenvalue weighted by atomic mass is 10.1. The Bertz CT molecular complexity index is 905. The first-order valence-electron chi connectivity index (χ1n) is 10.7. The van der Waals surface area contributed by atoms with Gasteiger partial charge in [-0.25, -0.2) is 4.79 Å². The van der Waals surface area contributed by atoms with Crippen molar-refractivity contribution in [3.8, 4) is 0 Å². The van der Waals surface area contributed by atoms with Crippen LogP contribution in [-0.4, -0.2) is 63.4 Å². The van der Waals surface area contributed by atoms with Crippen molar-refractivity contribution in [3.05, 3.63) is 59.7 Å². The van der Waals surface area contributed by atoms with Crippen molar-refractivity contribution < 1.29 is 19.1 Å². The second-order valence-electron chi connectivity index (χ2n) is 8.19. The van der Waals surface area contributed by atoms with Gasteiger partial charge in [-0.2, -0.15) is 0 Å². The summed E-state index contributed by atoms with van der Waals surface area (Å²) in [6.45, 7) is 2.76. The average molecular weight is 424 g/mol. The van der Waals surface area contributed by atoms with Crippen LogP contribution in [0.5, 0.6) is 0 Å². The van der Waals surface area contributed by atoms with Gasteiger partial charge in [-0.05, 0) is 54.8 Å². The molecular weight excluding hydrogens is 394 g/mol. The predicted octanol–water partition coefficient (Wildman–Crippen LogP) is 3.53. The summed E-state index contributed by atoms with van der Waals surface area (Å²) >= 11 is 0. The third-order valence-electron chi connectivity index (χ3n) is 5.75. The molecule has 2 amide bonds. The van der Waals surface area contributed by atoms with E-state index >= 15 is 0 Å². The second-order valence-corrected chi connectivity index (χ2v) is 8.19. The third kappa shape index (κ3) is 4.99. The number of benzene rings is 2. The molecule has 164 valence electrons. The SMILES string of the molecule is CN(C)c1ccc(CN(CC2CCCO2)C(=O)c2ccc(N3CCOC3=O)cc2)cc1. The molecule has 2 aromatic carbocycles. The Morgan fingerprint density at radius 3 is 2.39 bits per heavy atom. The van der Waals surface area contributed by atoms with Crippen molar-refractivity contribution in [2.75, 3.05) is 50.2 Å². The van der Waals surface area contributed by atoms with E-state index in [0.29, 0.717) is 31.8 Å². The molecule has 2 heterocycles. The summed E-state index contributed by atoms with van der Waals surface area (Å²) in [4.78, 5) is 30.6. The summed E-state index contributed by atoms with van der Waals surface area (Å²) in [7, 11) is 4.02. The van der Waals surface area contributed by atoms with Gasteiger partial charge in [0.1, 0.15) is 6.61 Å². The van der Waals surface area contributed by atoms with Crippen LogP contribution in [0.3, 0.4) is 0 Å². The lowest BCUT2D eigenvalue weighted by Gasteiger charge is -2.26. The smallest absolute Gasteiger partial charge is 0.414 e. The van der Waals surface area contributed by atoms with Gasteiger partial charge in [-0.1, -0.05) is 12.1 Å². The number of carbonyl (C=O) groups excluding carboxylic acids is 2. The van der Waals surface area contributed by atoms with Crippen molar-refractivity contribution in [2.45, 2.75) is 25.5 Å². The molecule has 2 saturated heterocycles. The number of carbonyl (C=O) groups is 2. The molecule has 0 radical (unpaired) electrons. The highest BCUT2D eigenvalue weighted by atomic mass is 16.6. The highest BCUT2D eigenvalue weighted by Gasteiger charge is 2.26. The van der Waals surface area contributed by atoms with Crippen molar-refractivity contribution in [1.29, 1.82) is 0 Å². The first kappa shape index (κ1) is 21.2. The Labute approximate surface area is 183 Å². The van der Waals surface area contributed by atoms with Gasteiger partial charge < -0.3 is 19.3 Å². The topological polar surface area (TPSA) is 62.3 Å². The Balaban J connectivity index is 1.50. The zero-order valence-corrected chi connectivity index (χ0v) is 18.1.